The van der Waals surface area contributed by atoms with Gasteiger partial charge < -0.3 is 14.2 Å². The summed E-state index contributed by atoms with van der Waals surface area (Å²) in [4.78, 5) is 25.5. The van der Waals surface area contributed by atoms with Gasteiger partial charge in [-0.25, -0.2) is 0 Å². The van der Waals surface area contributed by atoms with Gasteiger partial charge in [0.2, 0.25) is 0 Å². The van der Waals surface area contributed by atoms with E-state index in [0.29, 0.717) is 19.4 Å². The average Bonchev–Trinajstić information content (AvgIpc) is 3.34. The predicted molar refractivity (Wildman–Crippen MR) is 297 cm³/mol. The average molecular weight is 950 g/mol. The Bertz CT molecular complexity index is 1210. The first kappa shape index (κ1) is 65.3. The molecule has 1 atom stereocenters. The maximum atomic E-state index is 12.8. The van der Waals surface area contributed by atoms with Crippen LogP contribution in [0.3, 0.4) is 0 Å². The molecule has 0 aromatic rings. The van der Waals surface area contributed by atoms with Crippen LogP contribution in [0.2, 0.25) is 0 Å². The van der Waals surface area contributed by atoms with E-state index in [-0.39, 0.29) is 25.2 Å². The lowest BCUT2D eigenvalue weighted by atomic mass is 10.1. The minimum atomic E-state index is -0.550. The number of carbonyl (C=O) groups is 2. The molecule has 0 aliphatic rings. The quantitative estimate of drug-likeness (QED) is 0.0345. The van der Waals surface area contributed by atoms with Crippen LogP contribution in [0.15, 0.2) is 72.9 Å². The van der Waals surface area contributed by atoms with Crippen LogP contribution in [-0.4, -0.2) is 37.9 Å². The number of allylic oxidation sites excluding steroid dienone is 12. The molecule has 1 unspecified atom stereocenters. The Balaban J connectivity index is 4.27. The highest BCUT2D eigenvalue weighted by molar-refractivity contribution is 5.70. The fourth-order valence-electron chi connectivity index (χ4n) is 8.25. The van der Waals surface area contributed by atoms with Crippen LogP contribution in [0.1, 0.15) is 290 Å². The number of carbonyl (C=O) groups excluding carboxylic acids is 2. The Morgan fingerprint density at radius 1 is 0.324 bits per heavy atom. The van der Waals surface area contributed by atoms with Crippen molar-refractivity contribution in [1.82, 2.24) is 0 Å². The molecule has 0 radical (unpaired) electrons. The molecular weight excluding hydrogens is 837 g/mol. The molecular formula is C63H112O5. The van der Waals surface area contributed by atoms with Gasteiger partial charge in [-0.05, 0) is 116 Å². The lowest BCUT2D eigenvalue weighted by Crippen LogP contribution is -2.30. The highest BCUT2D eigenvalue weighted by Crippen LogP contribution is 2.15. The highest BCUT2D eigenvalue weighted by atomic mass is 16.6. The number of hydrogen-bond acceptors (Lipinski definition) is 5. The van der Waals surface area contributed by atoms with Gasteiger partial charge in [-0.15, -0.1) is 0 Å². The number of unbranched alkanes of at least 4 members (excludes halogenated alkanes) is 31. The summed E-state index contributed by atoms with van der Waals surface area (Å²) >= 11 is 0. The second-order valence-corrected chi connectivity index (χ2v) is 19.5. The second-order valence-electron chi connectivity index (χ2n) is 19.5. The van der Waals surface area contributed by atoms with E-state index in [1.165, 1.54) is 173 Å². The van der Waals surface area contributed by atoms with Gasteiger partial charge in [-0.3, -0.25) is 9.59 Å². The number of rotatable bonds is 54. The summed E-state index contributed by atoms with van der Waals surface area (Å²) in [6.07, 6.45) is 76.3. The molecule has 0 aromatic heterocycles. The summed E-state index contributed by atoms with van der Waals surface area (Å²) in [7, 11) is 0. The topological polar surface area (TPSA) is 61.8 Å². The van der Waals surface area contributed by atoms with Crippen molar-refractivity contribution < 1.29 is 23.8 Å². The molecule has 0 bridgehead atoms. The molecule has 0 aromatic carbocycles. The van der Waals surface area contributed by atoms with E-state index in [9.17, 15) is 9.59 Å². The summed E-state index contributed by atoms with van der Waals surface area (Å²) in [5.74, 6) is -0.415. The lowest BCUT2D eigenvalue weighted by molar-refractivity contribution is -0.163. The number of ether oxygens (including phenoxy) is 3. The standard InChI is InChI=1S/C63H112O5/c1-4-7-10-13-16-19-22-25-27-29-31-33-35-37-40-43-46-49-52-55-58-66-59-61(68-63(65)57-54-51-48-45-42-38-24-21-18-15-12-9-6-3)60-67-62(64)56-53-50-47-44-41-39-36-34-32-30-28-26-23-20-17-14-11-8-5-2/h16-17,19-21,24-28,32,34,61H,4-15,18,22-23,29-31,33,35-60H2,1-3H3/b19-16-,20-17-,24-21-,27-25-,28-26-,34-32-. The van der Waals surface area contributed by atoms with E-state index in [1.54, 1.807) is 0 Å². The lowest BCUT2D eigenvalue weighted by Gasteiger charge is -2.18. The van der Waals surface area contributed by atoms with Gasteiger partial charge in [-0.2, -0.15) is 0 Å². The Hall–Kier alpha value is -2.66. The molecule has 0 saturated heterocycles. The molecule has 0 aliphatic heterocycles. The van der Waals surface area contributed by atoms with Crippen LogP contribution in [0.5, 0.6) is 0 Å². The normalized spacial score (nSPS) is 12.7. The predicted octanol–water partition coefficient (Wildman–Crippen LogP) is 20.2. The van der Waals surface area contributed by atoms with Crippen LogP contribution < -0.4 is 0 Å². The summed E-state index contributed by atoms with van der Waals surface area (Å²) in [5, 5.41) is 0. The van der Waals surface area contributed by atoms with Crippen LogP contribution >= 0.6 is 0 Å². The van der Waals surface area contributed by atoms with E-state index in [1.807, 2.05) is 0 Å². The molecule has 0 heterocycles. The van der Waals surface area contributed by atoms with Crippen molar-refractivity contribution in [3.63, 3.8) is 0 Å². The zero-order chi connectivity index (χ0) is 49.2. The first-order valence-corrected chi connectivity index (χ1v) is 29.5. The first-order chi connectivity index (χ1) is 33.6. The van der Waals surface area contributed by atoms with E-state index < -0.39 is 6.10 Å². The van der Waals surface area contributed by atoms with Crippen LogP contribution in [0, 0.1) is 0 Å². The van der Waals surface area contributed by atoms with Gasteiger partial charge in [-0.1, -0.05) is 235 Å². The SMILES string of the molecule is CCCCC/C=C\C/C=C\C/C=C\CCCCCCCCC(=O)OCC(COCCCCCCCCCCCC/C=C\C/C=C\CCCCC)OC(=O)CCCCCCC/C=C\CCCCCC. The van der Waals surface area contributed by atoms with Gasteiger partial charge in [0.05, 0.1) is 6.61 Å². The first-order valence-electron chi connectivity index (χ1n) is 29.5. The molecule has 0 aliphatic carbocycles. The molecule has 0 fully saturated rings. The Kier molecular flexibility index (Phi) is 56.4. The molecule has 5 heteroatoms. The molecule has 68 heavy (non-hydrogen) atoms. The Morgan fingerprint density at radius 2 is 0.618 bits per heavy atom. The van der Waals surface area contributed by atoms with Gasteiger partial charge in [0.15, 0.2) is 6.10 Å². The van der Waals surface area contributed by atoms with Crippen molar-refractivity contribution in [2.45, 2.75) is 297 Å². The van der Waals surface area contributed by atoms with E-state index >= 15 is 0 Å². The third-order valence-corrected chi connectivity index (χ3v) is 12.7. The summed E-state index contributed by atoms with van der Waals surface area (Å²) < 4.78 is 17.5. The molecule has 0 amide bonds. The van der Waals surface area contributed by atoms with Gasteiger partial charge >= 0.3 is 11.9 Å². The van der Waals surface area contributed by atoms with Crippen molar-refractivity contribution in [2.75, 3.05) is 19.8 Å². The van der Waals surface area contributed by atoms with Gasteiger partial charge in [0.1, 0.15) is 6.61 Å². The Morgan fingerprint density at radius 3 is 1.03 bits per heavy atom. The molecule has 0 saturated carbocycles. The van der Waals surface area contributed by atoms with Crippen LogP contribution in [0.4, 0.5) is 0 Å². The van der Waals surface area contributed by atoms with Gasteiger partial charge in [0, 0.05) is 19.4 Å². The van der Waals surface area contributed by atoms with Crippen LogP contribution in [-0.2, 0) is 23.8 Å². The monoisotopic (exact) mass is 949 g/mol. The zero-order valence-corrected chi connectivity index (χ0v) is 45.4. The second kappa shape index (κ2) is 58.7. The minimum Gasteiger partial charge on any atom is -0.462 e. The van der Waals surface area contributed by atoms with Crippen molar-refractivity contribution in [3.8, 4) is 0 Å². The summed E-state index contributed by atoms with van der Waals surface area (Å²) in [5.41, 5.74) is 0. The Labute approximate surface area is 423 Å². The third kappa shape index (κ3) is 55.9. The maximum Gasteiger partial charge on any atom is 0.306 e. The number of esters is 2. The number of hydrogen-bond donors (Lipinski definition) is 0. The van der Waals surface area contributed by atoms with E-state index in [0.717, 1.165) is 83.5 Å². The molecule has 394 valence electrons. The molecule has 5 nitrogen and oxygen atoms in total. The summed E-state index contributed by atoms with van der Waals surface area (Å²) in [6, 6.07) is 0. The van der Waals surface area contributed by atoms with Gasteiger partial charge in [0.25, 0.3) is 0 Å². The van der Waals surface area contributed by atoms with Crippen molar-refractivity contribution >= 4 is 11.9 Å². The van der Waals surface area contributed by atoms with E-state index in [4.69, 9.17) is 14.2 Å². The largest absolute Gasteiger partial charge is 0.462 e. The fourth-order valence-corrected chi connectivity index (χ4v) is 8.25. The van der Waals surface area contributed by atoms with Crippen molar-refractivity contribution in [1.29, 1.82) is 0 Å². The third-order valence-electron chi connectivity index (χ3n) is 12.7. The zero-order valence-electron chi connectivity index (χ0n) is 45.4. The maximum absolute atomic E-state index is 12.8. The minimum absolute atomic E-state index is 0.0731. The highest BCUT2D eigenvalue weighted by Gasteiger charge is 2.17. The fraction of sp³-hybridized carbons (Fsp3) is 0.778. The van der Waals surface area contributed by atoms with Crippen LogP contribution in [0.25, 0.3) is 0 Å². The van der Waals surface area contributed by atoms with Crippen molar-refractivity contribution in [2.24, 2.45) is 0 Å². The van der Waals surface area contributed by atoms with E-state index in [2.05, 4.69) is 93.7 Å². The smallest absolute Gasteiger partial charge is 0.306 e. The van der Waals surface area contributed by atoms with Crippen molar-refractivity contribution in [3.05, 3.63) is 72.9 Å². The molecule has 0 spiro atoms. The summed E-state index contributed by atoms with van der Waals surface area (Å²) in [6.45, 7) is 7.76. The molecule has 0 N–H and O–H groups in total. The molecule has 0 rings (SSSR count).